The molecule has 0 amide bonds. The Morgan fingerprint density at radius 1 is 1.24 bits per heavy atom. The number of guanidine groups is 1. The largest absolute Gasteiger partial charge is 0.383 e. The molecule has 0 aliphatic carbocycles. The van der Waals surface area contributed by atoms with Gasteiger partial charge in [0.15, 0.2) is 5.96 Å². The van der Waals surface area contributed by atoms with Crippen molar-refractivity contribution in [2.24, 2.45) is 16.6 Å². The Labute approximate surface area is 145 Å². The Morgan fingerprint density at radius 3 is 2.38 bits per heavy atom. The molecule has 0 fully saturated rings. The minimum atomic E-state index is 0. The van der Waals surface area contributed by atoms with Gasteiger partial charge < -0.3 is 15.8 Å². The Balaban J connectivity index is 0.00000400. The van der Waals surface area contributed by atoms with Crippen molar-refractivity contribution in [3.8, 4) is 0 Å². The number of hydrogen-bond acceptors (Lipinski definition) is 2. The third-order valence-electron chi connectivity index (χ3n) is 3.30. The van der Waals surface area contributed by atoms with Gasteiger partial charge in [-0.1, -0.05) is 44.2 Å². The summed E-state index contributed by atoms with van der Waals surface area (Å²) < 4.78 is 5.06. The smallest absolute Gasteiger partial charge is 0.188 e. The zero-order valence-electron chi connectivity index (χ0n) is 13.4. The van der Waals surface area contributed by atoms with Crippen LogP contribution < -0.4 is 11.1 Å². The van der Waals surface area contributed by atoms with E-state index in [1.54, 1.807) is 7.11 Å². The highest BCUT2D eigenvalue weighted by molar-refractivity contribution is 14.0. The van der Waals surface area contributed by atoms with E-state index in [9.17, 15) is 0 Å². The van der Waals surface area contributed by atoms with E-state index < -0.39 is 0 Å². The van der Waals surface area contributed by atoms with Gasteiger partial charge in [0.1, 0.15) is 0 Å². The van der Waals surface area contributed by atoms with Crippen LogP contribution in [0, 0.1) is 5.92 Å². The molecule has 0 spiro atoms. The number of nitrogens with zero attached hydrogens (tertiary/aromatic N) is 1. The van der Waals surface area contributed by atoms with Crippen LogP contribution in [0.3, 0.4) is 0 Å². The molecule has 2 atom stereocenters. The predicted molar refractivity (Wildman–Crippen MR) is 100 cm³/mol. The van der Waals surface area contributed by atoms with Gasteiger partial charge in [0.25, 0.3) is 0 Å². The van der Waals surface area contributed by atoms with Crippen LogP contribution >= 0.6 is 24.0 Å². The Kier molecular flexibility index (Phi) is 10.4. The molecule has 21 heavy (non-hydrogen) atoms. The van der Waals surface area contributed by atoms with Gasteiger partial charge in [-0.15, -0.1) is 24.0 Å². The fraction of sp³-hybridized carbons (Fsp3) is 0.562. The van der Waals surface area contributed by atoms with E-state index >= 15 is 0 Å². The maximum atomic E-state index is 5.91. The summed E-state index contributed by atoms with van der Waals surface area (Å²) in [6.07, 6.45) is 0. The number of halogens is 1. The normalized spacial score (nSPS) is 14.4. The summed E-state index contributed by atoms with van der Waals surface area (Å²) in [6, 6.07) is 10.6. The molecule has 3 N–H and O–H groups in total. The number of benzene rings is 1. The number of rotatable bonds is 7. The molecule has 0 saturated heterocycles. The molecule has 0 aliphatic rings. The molecule has 1 rings (SSSR count). The fourth-order valence-corrected chi connectivity index (χ4v) is 2.19. The zero-order valence-corrected chi connectivity index (χ0v) is 15.7. The summed E-state index contributed by atoms with van der Waals surface area (Å²) in [5, 5.41) is 3.13. The van der Waals surface area contributed by atoms with Crippen LogP contribution in [0.2, 0.25) is 0 Å². The summed E-state index contributed by atoms with van der Waals surface area (Å²) in [5.41, 5.74) is 7.22. The van der Waals surface area contributed by atoms with Crippen molar-refractivity contribution in [3.63, 3.8) is 0 Å². The first kappa shape index (κ1) is 20.2. The number of methoxy groups -OCH3 is 1. The first-order chi connectivity index (χ1) is 9.54. The van der Waals surface area contributed by atoms with Crippen LogP contribution in [0.4, 0.5) is 0 Å². The topological polar surface area (TPSA) is 59.6 Å². The van der Waals surface area contributed by atoms with Crippen LogP contribution in [0.5, 0.6) is 0 Å². The molecular weight excluding hydrogens is 377 g/mol. The minimum absolute atomic E-state index is 0. The van der Waals surface area contributed by atoms with Gasteiger partial charge in [-0.25, -0.2) is 0 Å². The molecule has 0 aliphatic heterocycles. The molecule has 0 radical (unpaired) electrons. The summed E-state index contributed by atoms with van der Waals surface area (Å²) in [4.78, 5) is 4.47. The van der Waals surface area contributed by atoms with E-state index in [0.29, 0.717) is 30.9 Å². The molecule has 0 bridgehead atoms. The quantitative estimate of drug-likeness (QED) is 0.417. The highest BCUT2D eigenvalue weighted by Crippen LogP contribution is 2.24. The van der Waals surface area contributed by atoms with E-state index in [0.717, 1.165) is 0 Å². The number of ether oxygens (including phenoxy) is 1. The van der Waals surface area contributed by atoms with Crippen LogP contribution in [-0.2, 0) is 4.74 Å². The average Bonchev–Trinajstić information content (AvgIpc) is 2.40. The van der Waals surface area contributed by atoms with E-state index in [-0.39, 0.29) is 30.0 Å². The second-order valence-electron chi connectivity index (χ2n) is 5.49. The summed E-state index contributed by atoms with van der Waals surface area (Å²) in [7, 11) is 1.68. The van der Waals surface area contributed by atoms with Crippen molar-refractivity contribution in [1.29, 1.82) is 0 Å². The summed E-state index contributed by atoms with van der Waals surface area (Å²) >= 11 is 0. The van der Waals surface area contributed by atoms with Crippen molar-refractivity contribution >= 4 is 29.9 Å². The van der Waals surface area contributed by atoms with Crippen molar-refractivity contribution in [3.05, 3.63) is 35.9 Å². The fourth-order valence-electron chi connectivity index (χ4n) is 2.19. The van der Waals surface area contributed by atoms with Crippen LogP contribution in [0.15, 0.2) is 35.3 Å². The van der Waals surface area contributed by atoms with Gasteiger partial charge in [0.2, 0.25) is 0 Å². The lowest BCUT2D eigenvalue weighted by Gasteiger charge is -2.20. The van der Waals surface area contributed by atoms with E-state index in [1.165, 1.54) is 5.56 Å². The van der Waals surface area contributed by atoms with Gasteiger partial charge in [0, 0.05) is 25.6 Å². The second-order valence-corrected chi connectivity index (χ2v) is 5.49. The van der Waals surface area contributed by atoms with E-state index in [4.69, 9.17) is 10.5 Å². The first-order valence-corrected chi connectivity index (χ1v) is 7.15. The van der Waals surface area contributed by atoms with Crippen LogP contribution in [-0.4, -0.2) is 32.3 Å². The Hall–Kier alpha value is -0.820. The molecule has 5 heteroatoms. The van der Waals surface area contributed by atoms with Crippen LogP contribution in [0.1, 0.15) is 32.3 Å². The number of hydrogen-bond donors (Lipinski definition) is 2. The van der Waals surface area contributed by atoms with Gasteiger partial charge in [-0.2, -0.15) is 0 Å². The van der Waals surface area contributed by atoms with Crippen molar-refractivity contribution in [2.45, 2.75) is 32.7 Å². The maximum Gasteiger partial charge on any atom is 0.188 e. The molecule has 120 valence electrons. The highest BCUT2D eigenvalue weighted by atomic mass is 127. The zero-order chi connectivity index (χ0) is 15.0. The summed E-state index contributed by atoms with van der Waals surface area (Å²) in [5.74, 6) is 1.38. The molecule has 2 unspecified atom stereocenters. The molecule has 1 aromatic rings. The number of aliphatic imine (C=N–C) groups is 1. The Morgan fingerprint density at radius 2 is 1.86 bits per heavy atom. The third-order valence-corrected chi connectivity index (χ3v) is 3.30. The standard InChI is InChI=1S/C16H27N3O.HI/c1-12(2)15(14-8-6-5-7-9-14)10-18-16(17)19-13(3)11-20-4;/h5-9,12-13,15H,10-11H2,1-4H3,(H3,17,18,19);1H. The van der Waals surface area contributed by atoms with Gasteiger partial charge in [-0.05, 0) is 18.4 Å². The average molecular weight is 405 g/mol. The van der Waals surface area contributed by atoms with Crippen LogP contribution in [0.25, 0.3) is 0 Å². The number of nitrogens with two attached hydrogens (primary N) is 1. The molecule has 4 nitrogen and oxygen atoms in total. The van der Waals surface area contributed by atoms with Crippen molar-refractivity contribution in [1.82, 2.24) is 5.32 Å². The maximum absolute atomic E-state index is 5.91. The van der Waals surface area contributed by atoms with E-state index in [2.05, 4.69) is 48.4 Å². The molecule has 1 aromatic carbocycles. The number of nitrogens with one attached hydrogen (secondary N) is 1. The molecule has 0 heterocycles. The predicted octanol–water partition coefficient (Wildman–Crippen LogP) is 2.98. The minimum Gasteiger partial charge on any atom is -0.383 e. The lowest BCUT2D eigenvalue weighted by molar-refractivity contribution is 0.179. The molecular formula is C16H28IN3O. The SMILES string of the molecule is COCC(C)NC(N)=NCC(c1ccccc1)C(C)C.I. The summed E-state index contributed by atoms with van der Waals surface area (Å²) in [6.45, 7) is 7.75. The van der Waals surface area contributed by atoms with Crippen molar-refractivity contribution < 1.29 is 4.74 Å². The van der Waals surface area contributed by atoms with Gasteiger partial charge in [0.05, 0.1) is 6.61 Å². The van der Waals surface area contributed by atoms with Gasteiger partial charge >= 0.3 is 0 Å². The van der Waals surface area contributed by atoms with Crippen molar-refractivity contribution in [2.75, 3.05) is 20.3 Å². The lowest BCUT2D eigenvalue weighted by atomic mass is 9.88. The monoisotopic (exact) mass is 405 g/mol. The Bertz CT molecular complexity index is 409. The first-order valence-electron chi connectivity index (χ1n) is 7.15. The lowest BCUT2D eigenvalue weighted by Crippen LogP contribution is -2.41. The second kappa shape index (κ2) is 10.8. The molecule has 0 aromatic heterocycles. The van der Waals surface area contributed by atoms with Gasteiger partial charge in [-0.3, -0.25) is 4.99 Å². The van der Waals surface area contributed by atoms with E-state index in [1.807, 2.05) is 13.0 Å². The highest BCUT2D eigenvalue weighted by Gasteiger charge is 2.15. The molecule has 0 saturated carbocycles. The third kappa shape index (κ3) is 7.66.